The number of benzene rings is 3. The van der Waals surface area contributed by atoms with Gasteiger partial charge in [-0.2, -0.15) is 5.10 Å². The van der Waals surface area contributed by atoms with E-state index in [-0.39, 0.29) is 17.8 Å². The Kier molecular flexibility index (Phi) is 6.79. The first-order valence-electron chi connectivity index (χ1n) is 11.9. The lowest BCUT2D eigenvalue weighted by atomic mass is 9.98. The second-order valence-corrected chi connectivity index (χ2v) is 8.93. The van der Waals surface area contributed by atoms with Gasteiger partial charge in [0.15, 0.2) is 0 Å². The summed E-state index contributed by atoms with van der Waals surface area (Å²) in [5.74, 6) is -0.353. The molecule has 5 rings (SSSR count). The van der Waals surface area contributed by atoms with Crippen molar-refractivity contribution in [1.29, 1.82) is 0 Å². The summed E-state index contributed by atoms with van der Waals surface area (Å²) >= 11 is 0. The van der Waals surface area contributed by atoms with Crippen molar-refractivity contribution in [1.82, 2.24) is 14.8 Å². The van der Waals surface area contributed by atoms with E-state index in [9.17, 15) is 9.18 Å². The number of hydrazone groups is 1. The zero-order valence-electron chi connectivity index (χ0n) is 19.2. The van der Waals surface area contributed by atoms with Crippen LogP contribution in [0.2, 0.25) is 0 Å². The minimum absolute atomic E-state index is 0.0447. The second-order valence-electron chi connectivity index (χ2n) is 8.93. The van der Waals surface area contributed by atoms with Crippen LogP contribution in [0.25, 0.3) is 0 Å². The van der Waals surface area contributed by atoms with Crippen LogP contribution >= 0.6 is 0 Å². The number of nitrogens with zero attached hydrogens (tertiary/aromatic N) is 4. The largest absolute Gasteiger partial charge is 0.297 e. The first-order chi connectivity index (χ1) is 16.7. The molecule has 0 spiro atoms. The predicted molar refractivity (Wildman–Crippen MR) is 132 cm³/mol. The predicted octanol–water partition coefficient (Wildman–Crippen LogP) is 4.32. The van der Waals surface area contributed by atoms with Gasteiger partial charge in [-0.3, -0.25) is 14.6 Å². The highest BCUT2D eigenvalue weighted by Gasteiger charge is 2.34. The Morgan fingerprint density at radius 2 is 1.44 bits per heavy atom. The summed E-state index contributed by atoms with van der Waals surface area (Å²) < 4.78 is 14.5. The van der Waals surface area contributed by atoms with Gasteiger partial charge in [0.25, 0.3) is 5.91 Å². The second kappa shape index (κ2) is 10.3. The SMILES string of the molecule is O=C(CN1CCN(Cc2ccccc2)CC1)N1N=C(c2ccccc2F)C[C@@H]1c1ccccc1. The van der Waals surface area contributed by atoms with Gasteiger partial charge >= 0.3 is 0 Å². The van der Waals surface area contributed by atoms with Crippen molar-refractivity contribution in [2.24, 2.45) is 5.10 Å². The van der Waals surface area contributed by atoms with Gasteiger partial charge in [0.05, 0.1) is 18.3 Å². The molecule has 34 heavy (non-hydrogen) atoms. The minimum atomic E-state index is -0.308. The first-order valence-corrected chi connectivity index (χ1v) is 11.9. The third-order valence-electron chi connectivity index (χ3n) is 6.61. The minimum Gasteiger partial charge on any atom is -0.297 e. The number of rotatable bonds is 6. The molecule has 3 aromatic rings. The van der Waals surface area contributed by atoms with E-state index in [4.69, 9.17) is 0 Å². The van der Waals surface area contributed by atoms with E-state index in [1.54, 1.807) is 23.2 Å². The molecule has 2 aliphatic rings. The molecule has 2 heterocycles. The summed E-state index contributed by atoms with van der Waals surface area (Å²) in [5.41, 5.74) is 3.41. The van der Waals surface area contributed by atoms with Crippen LogP contribution in [0.5, 0.6) is 0 Å². The molecule has 0 bridgehead atoms. The lowest BCUT2D eigenvalue weighted by molar-refractivity contribution is -0.134. The highest BCUT2D eigenvalue weighted by molar-refractivity contribution is 6.03. The molecule has 0 aliphatic carbocycles. The Balaban J connectivity index is 1.26. The standard InChI is InChI=1S/C28H29FN4O/c29-25-14-8-7-13-24(25)26-19-27(23-11-5-2-6-12-23)33(30-26)28(34)21-32-17-15-31(16-18-32)20-22-9-3-1-4-10-22/h1-14,27H,15-21H2/t27-/m1/s1. The summed E-state index contributed by atoms with van der Waals surface area (Å²) in [6.45, 7) is 4.78. The summed E-state index contributed by atoms with van der Waals surface area (Å²) in [4.78, 5) is 18.0. The van der Waals surface area contributed by atoms with Gasteiger partial charge in [0, 0.05) is 44.7 Å². The van der Waals surface area contributed by atoms with Crippen molar-refractivity contribution in [2.75, 3.05) is 32.7 Å². The third kappa shape index (κ3) is 5.08. The van der Waals surface area contributed by atoms with Crippen LogP contribution in [-0.4, -0.2) is 59.2 Å². The zero-order valence-corrected chi connectivity index (χ0v) is 19.2. The van der Waals surface area contributed by atoms with Gasteiger partial charge in [-0.1, -0.05) is 78.9 Å². The van der Waals surface area contributed by atoms with Crippen LogP contribution in [0.15, 0.2) is 90.0 Å². The van der Waals surface area contributed by atoms with Crippen LogP contribution in [0.3, 0.4) is 0 Å². The lowest BCUT2D eigenvalue weighted by Gasteiger charge is -2.35. The fourth-order valence-corrected chi connectivity index (χ4v) is 4.74. The molecular weight excluding hydrogens is 427 g/mol. The van der Waals surface area contributed by atoms with Crippen LogP contribution < -0.4 is 0 Å². The molecule has 2 aliphatic heterocycles. The Morgan fingerprint density at radius 1 is 0.824 bits per heavy atom. The van der Waals surface area contributed by atoms with Crippen LogP contribution in [0.4, 0.5) is 4.39 Å². The van der Waals surface area contributed by atoms with Gasteiger partial charge < -0.3 is 0 Å². The number of hydrogen-bond donors (Lipinski definition) is 0. The lowest BCUT2D eigenvalue weighted by Crippen LogP contribution is -2.49. The summed E-state index contributed by atoms with van der Waals surface area (Å²) in [7, 11) is 0. The number of carbonyl (C=O) groups excluding carboxylic acids is 1. The quantitative estimate of drug-likeness (QED) is 0.555. The van der Waals surface area contributed by atoms with Crippen molar-refractivity contribution < 1.29 is 9.18 Å². The van der Waals surface area contributed by atoms with Crippen molar-refractivity contribution >= 4 is 11.6 Å². The molecule has 1 amide bonds. The molecule has 174 valence electrons. The van der Waals surface area contributed by atoms with E-state index in [2.05, 4.69) is 39.2 Å². The maximum absolute atomic E-state index is 14.5. The van der Waals surface area contributed by atoms with Crippen molar-refractivity contribution in [3.63, 3.8) is 0 Å². The maximum atomic E-state index is 14.5. The van der Waals surface area contributed by atoms with E-state index in [0.29, 0.717) is 24.2 Å². The molecule has 0 saturated carbocycles. The van der Waals surface area contributed by atoms with E-state index < -0.39 is 0 Å². The van der Waals surface area contributed by atoms with E-state index in [1.807, 2.05) is 36.4 Å². The zero-order chi connectivity index (χ0) is 23.3. The molecule has 6 heteroatoms. The van der Waals surface area contributed by atoms with Gasteiger partial charge in [-0.05, 0) is 17.2 Å². The number of halogens is 1. The first kappa shape index (κ1) is 22.4. The summed E-state index contributed by atoms with van der Waals surface area (Å²) in [6.07, 6.45) is 0.502. The molecule has 0 unspecified atom stereocenters. The fourth-order valence-electron chi connectivity index (χ4n) is 4.74. The maximum Gasteiger partial charge on any atom is 0.257 e. The van der Waals surface area contributed by atoms with Gasteiger partial charge in [-0.25, -0.2) is 9.40 Å². The molecule has 1 fully saturated rings. The third-order valence-corrected chi connectivity index (χ3v) is 6.61. The number of amides is 1. The van der Waals surface area contributed by atoms with E-state index in [0.717, 1.165) is 38.3 Å². The molecule has 3 aromatic carbocycles. The smallest absolute Gasteiger partial charge is 0.257 e. The fraction of sp³-hybridized carbons (Fsp3) is 0.286. The molecule has 0 aromatic heterocycles. The Morgan fingerprint density at radius 3 is 2.15 bits per heavy atom. The highest BCUT2D eigenvalue weighted by Crippen LogP contribution is 2.33. The molecule has 0 N–H and O–H groups in total. The van der Waals surface area contributed by atoms with Gasteiger partial charge in [-0.15, -0.1) is 0 Å². The van der Waals surface area contributed by atoms with Crippen LogP contribution in [-0.2, 0) is 11.3 Å². The normalized spacial score (nSPS) is 19.3. The number of hydrogen-bond acceptors (Lipinski definition) is 4. The monoisotopic (exact) mass is 456 g/mol. The van der Waals surface area contributed by atoms with Crippen molar-refractivity contribution in [3.05, 3.63) is 107 Å². The molecule has 1 atom stereocenters. The molecule has 0 radical (unpaired) electrons. The van der Waals surface area contributed by atoms with Gasteiger partial charge in [0.1, 0.15) is 5.82 Å². The number of carbonyl (C=O) groups is 1. The molecule has 1 saturated heterocycles. The number of piperazine rings is 1. The van der Waals surface area contributed by atoms with Crippen LogP contribution in [0, 0.1) is 5.82 Å². The molecular formula is C28H29FN4O. The topological polar surface area (TPSA) is 39.2 Å². The average molecular weight is 457 g/mol. The van der Waals surface area contributed by atoms with Crippen molar-refractivity contribution in [2.45, 2.75) is 19.0 Å². The average Bonchev–Trinajstić information content (AvgIpc) is 3.32. The highest BCUT2D eigenvalue weighted by atomic mass is 19.1. The van der Waals surface area contributed by atoms with E-state index >= 15 is 0 Å². The van der Waals surface area contributed by atoms with Gasteiger partial charge in [0.2, 0.25) is 0 Å². The molecule has 5 nitrogen and oxygen atoms in total. The van der Waals surface area contributed by atoms with E-state index in [1.165, 1.54) is 11.6 Å². The Bertz CT molecular complexity index is 1140. The Hall–Kier alpha value is -3.35. The van der Waals surface area contributed by atoms with Crippen molar-refractivity contribution in [3.8, 4) is 0 Å². The Labute approximate surface area is 200 Å². The summed E-state index contributed by atoms with van der Waals surface area (Å²) in [6, 6.07) is 26.8. The van der Waals surface area contributed by atoms with Crippen LogP contribution in [0.1, 0.15) is 29.2 Å². The summed E-state index contributed by atoms with van der Waals surface area (Å²) in [5, 5.41) is 6.21.